The van der Waals surface area contributed by atoms with Gasteiger partial charge in [-0.3, -0.25) is 0 Å². The Morgan fingerprint density at radius 3 is 2.20 bits per heavy atom. The van der Waals surface area contributed by atoms with E-state index < -0.39 is 14.4 Å². The second-order valence-corrected chi connectivity index (χ2v) is 11.4. The Labute approximate surface area is 123 Å². The van der Waals surface area contributed by atoms with Crippen molar-refractivity contribution in [1.29, 1.82) is 5.26 Å². The van der Waals surface area contributed by atoms with Crippen molar-refractivity contribution in [3.8, 4) is 11.8 Å². The summed E-state index contributed by atoms with van der Waals surface area (Å²) < 4.78 is 11.7. The van der Waals surface area contributed by atoms with Crippen LogP contribution in [0.2, 0.25) is 18.1 Å². The lowest BCUT2D eigenvalue weighted by Crippen LogP contribution is -2.45. The van der Waals surface area contributed by atoms with Gasteiger partial charge in [0.2, 0.25) is 0 Å². The summed E-state index contributed by atoms with van der Waals surface area (Å²) in [5.41, 5.74) is 1.19. The third kappa shape index (κ3) is 4.66. The third-order valence-electron chi connectivity index (χ3n) is 3.81. The molecule has 0 fully saturated rings. The van der Waals surface area contributed by atoms with Crippen LogP contribution >= 0.6 is 0 Å². The van der Waals surface area contributed by atoms with Crippen LogP contribution in [0.4, 0.5) is 0 Å². The summed E-state index contributed by atoms with van der Waals surface area (Å²) >= 11 is 0. The summed E-state index contributed by atoms with van der Waals surface area (Å²) in [4.78, 5) is 0. The standard InChI is InChI=1S/C16H25NO2Si/c1-13-7-9-14(10-8-13)18-12-15(11-17)19-20(5,6)16(2,3)4/h7-10,15H,12H2,1-6H3. The van der Waals surface area contributed by atoms with Gasteiger partial charge in [-0.25, -0.2) is 0 Å². The van der Waals surface area contributed by atoms with E-state index in [1.807, 2.05) is 31.2 Å². The molecule has 0 saturated carbocycles. The molecule has 0 heterocycles. The Morgan fingerprint density at radius 2 is 1.75 bits per heavy atom. The number of hydrogen-bond donors (Lipinski definition) is 0. The van der Waals surface area contributed by atoms with Crippen LogP contribution < -0.4 is 4.74 Å². The zero-order chi connectivity index (χ0) is 15.4. The Kier molecular flexibility index (Phi) is 5.38. The molecule has 20 heavy (non-hydrogen) atoms. The van der Waals surface area contributed by atoms with Crippen molar-refractivity contribution in [1.82, 2.24) is 0 Å². The lowest BCUT2D eigenvalue weighted by molar-refractivity contribution is 0.155. The average Bonchev–Trinajstić information content (AvgIpc) is 2.35. The molecule has 1 aromatic rings. The normalized spacial score (nSPS) is 13.7. The van der Waals surface area contributed by atoms with Gasteiger partial charge in [-0.1, -0.05) is 38.5 Å². The van der Waals surface area contributed by atoms with Crippen LogP contribution in [0.3, 0.4) is 0 Å². The highest BCUT2D eigenvalue weighted by Crippen LogP contribution is 2.37. The number of benzene rings is 1. The molecule has 1 unspecified atom stereocenters. The van der Waals surface area contributed by atoms with Crippen molar-refractivity contribution in [2.75, 3.05) is 6.61 Å². The number of rotatable bonds is 5. The van der Waals surface area contributed by atoms with Crippen molar-refractivity contribution in [3.05, 3.63) is 29.8 Å². The Bertz CT molecular complexity index is 469. The second kappa shape index (κ2) is 6.42. The SMILES string of the molecule is Cc1ccc(OCC(C#N)O[Si](C)(C)C(C)(C)C)cc1. The van der Waals surface area contributed by atoms with E-state index in [-0.39, 0.29) is 11.6 Å². The molecule has 0 amide bonds. The van der Waals surface area contributed by atoms with Gasteiger partial charge in [0.1, 0.15) is 12.4 Å². The fraction of sp³-hybridized carbons (Fsp3) is 0.562. The zero-order valence-electron chi connectivity index (χ0n) is 13.4. The van der Waals surface area contributed by atoms with Gasteiger partial charge >= 0.3 is 0 Å². The Hall–Kier alpha value is -1.31. The number of nitrogens with zero attached hydrogens (tertiary/aromatic N) is 1. The first-order chi connectivity index (χ1) is 9.15. The summed E-state index contributed by atoms with van der Waals surface area (Å²) in [6, 6.07) is 10.0. The molecule has 110 valence electrons. The lowest BCUT2D eigenvalue weighted by atomic mass is 10.2. The van der Waals surface area contributed by atoms with E-state index in [9.17, 15) is 5.26 Å². The highest BCUT2D eigenvalue weighted by Gasteiger charge is 2.39. The smallest absolute Gasteiger partial charge is 0.194 e. The first-order valence-corrected chi connectivity index (χ1v) is 9.83. The van der Waals surface area contributed by atoms with Gasteiger partial charge in [-0.2, -0.15) is 5.26 Å². The second-order valence-electron chi connectivity index (χ2n) is 6.62. The molecule has 0 saturated heterocycles. The molecule has 4 heteroatoms. The first kappa shape index (κ1) is 16.7. The van der Waals surface area contributed by atoms with E-state index in [4.69, 9.17) is 9.16 Å². The number of aryl methyl sites for hydroxylation is 1. The van der Waals surface area contributed by atoms with E-state index in [1.54, 1.807) is 0 Å². The predicted octanol–water partition coefficient (Wildman–Crippen LogP) is 4.29. The minimum absolute atomic E-state index is 0.0892. The van der Waals surface area contributed by atoms with Crippen molar-refractivity contribution in [3.63, 3.8) is 0 Å². The third-order valence-corrected chi connectivity index (χ3v) is 8.30. The maximum Gasteiger partial charge on any atom is 0.194 e. The van der Waals surface area contributed by atoms with Crippen LogP contribution in [0.25, 0.3) is 0 Å². The van der Waals surface area contributed by atoms with Gasteiger partial charge in [0, 0.05) is 0 Å². The van der Waals surface area contributed by atoms with Gasteiger partial charge in [0.25, 0.3) is 0 Å². The molecular formula is C16H25NO2Si. The lowest BCUT2D eigenvalue weighted by Gasteiger charge is -2.37. The van der Waals surface area contributed by atoms with Gasteiger partial charge in [-0.15, -0.1) is 0 Å². The maximum atomic E-state index is 9.24. The molecule has 0 bridgehead atoms. The van der Waals surface area contributed by atoms with Crippen LogP contribution in [0, 0.1) is 18.3 Å². The minimum atomic E-state index is -1.94. The Balaban J connectivity index is 2.61. The fourth-order valence-electron chi connectivity index (χ4n) is 1.44. The van der Waals surface area contributed by atoms with E-state index >= 15 is 0 Å². The summed E-state index contributed by atoms with van der Waals surface area (Å²) in [5, 5.41) is 9.33. The Morgan fingerprint density at radius 1 is 1.20 bits per heavy atom. The van der Waals surface area contributed by atoms with Crippen LogP contribution in [0.5, 0.6) is 5.75 Å². The molecular weight excluding hydrogens is 266 g/mol. The fourth-order valence-corrected chi connectivity index (χ4v) is 2.62. The topological polar surface area (TPSA) is 42.2 Å². The van der Waals surface area contributed by atoms with E-state index in [2.05, 4.69) is 39.9 Å². The quantitative estimate of drug-likeness (QED) is 0.760. The van der Waals surface area contributed by atoms with Crippen molar-refractivity contribution < 1.29 is 9.16 Å². The molecule has 0 radical (unpaired) electrons. The maximum absolute atomic E-state index is 9.24. The molecule has 0 aliphatic rings. The molecule has 0 aliphatic carbocycles. The van der Waals surface area contributed by atoms with Crippen LogP contribution in [0.15, 0.2) is 24.3 Å². The van der Waals surface area contributed by atoms with Crippen molar-refractivity contribution >= 4 is 8.32 Å². The van der Waals surface area contributed by atoms with Gasteiger partial charge in [-0.05, 0) is 37.2 Å². The molecule has 1 rings (SSSR count). The highest BCUT2D eigenvalue weighted by atomic mass is 28.4. The predicted molar refractivity (Wildman–Crippen MR) is 84.4 cm³/mol. The molecule has 1 atom stereocenters. The van der Waals surface area contributed by atoms with Crippen LogP contribution in [0.1, 0.15) is 26.3 Å². The highest BCUT2D eigenvalue weighted by molar-refractivity contribution is 6.74. The van der Waals surface area contributed by atoms with E-state index in [0.29, 0.717) is 0 Å². The molecule has 3 nitrogen and oxygen atoms in total. The largest absolute Gasteiger partial charge is 0.490 e. The summed E-state index contributed by atoms with van der Waals surface area (Å²) in [7, 11) is -1.94. The van der Waals surface area contributed by atoms with Crippen LogP contribution in [-0.2, 0) is 4.43 Å². The van der Waals surface area contributed by atoms with Crippen molar-refractivity contribution in [2.24, 2.45) is 0 Å². The molecule has 0 spiro atoms. The summed E-state index contributed by atoms with van der Waals surface area (Å²) in [6.45, 7) is 13.1. The summed E-state index contributed by atoms with van der Waals surface area (Å²) in [5.74, 6) is 0.773. The monoisotopic (exact) mass is 291 g/mol. The van der Waals surface area contributed by atoms with Gasteiger partial charge in [0.05, 0.1) is 6.07 Å². The van der Waals surface area contributed by atoms with Gasteiger partial charge in [0.15, 0.2) is 14.4 Å². The van der Waals surface area contributed by atoms with E-state index in [1.165, 1.54) is 5.56 Å². The summed E-state index contributed by atoms with van der Waals surface area (Å²) in [6.07, 6.45) is -0.516. The number of hydrogen-bond acceptors (Lipinski definition) is 3. The number of nitriles is 1. The molecule has 0 aromatic heterocycles. The van der Waals surface area contributed by atoms with Crippen molar-refractivity contribution in [2.45, 2.75) is 51.9 Å². The number of ether oxygens (including phenoxy) is 1. The molecule has 1 aromatic carbocycles. The van der Waals surface area contributed by atoms with Gasteiger partial charge < -0.3 is 9.16 Å². The van der Waals surface area contributed by atoms with E-state index in [0.717, 1.165) is 5.75 Å². The minimum Gasteiger partial charge on any atom is -0.490 e. The molecule has 0 aliphatic heterocycles. The first-order valence-electron chi connectivity index (χ1n) is 6.92. The zero-order valence-corrected chi connectivity index (χ0v) is 14.4. The molecule has 0 N–H and O–H groups in total. The van der Waals surface area contributed by atoms with Crippen LogP contribution in [-0.4, -0.2) is 21.0 Å². The average molecular weight is 291 g/mol.